The van der Waals surface area contributed by atoms with E-state index in [4.69, 9.17) is 4.74 Å². The number of nitrogens with one attached hydrogen (secondary N) is 3. The van der Waals surface area contributed by atoms with Crippen molar-refractivity contribution in [2.45, 2.75) is 27.2 Å². The Labute approximate surface area is 195 Å². The summed E-state index contributed by atoms with van der Waals surface area (Å²) in [5, 5.41) is 8.81. The van der Waals surface area contributed by atoms with Crippen molar-refractivity contribution in [2.75, 3.05) is 29.1 Å². The van der Waals surface area contributed by atoms with Crippen LogP contribution in [0.15, 0.2) is 78.9 Å². The fraction of sp³-hybridized carbons (Fsp3) is 0.259. The van der Waals surface area contributed by atoms with Gasteiger partial charge in [-0.3, -0.25) is 9.59 Å². The molecule has 6 nitrogen and oxygen atoms in total. The summed E-state index contributed by atoms with van der Waals surface area (Å²) < 4.78 is 5.79. The molecular weight excluding hydrogens is 414 g/mol. The molecule has 3 rings (SSSR count). The number of carbonyl (C=O) groups is 2. The lowest BCUT2D eigenvalue weighted by atomic mass is 9.95. The van der Waals surface area contributed by atoms with Gasteiger partial charge in [0.2, 0.25) is 11.8 Å². The molecule has 0 fully saturated rings. The molecule has 0 atom stereocenters. The summed E-state index contributed by atoms with van der Waals surface area (Å²) in [6.07, 6.45) is 0.849. The first-order valence-electron chi connectivity index (χ1n) is 11.0. The minimum Gasteiger partial charge on any atom is -0.493 e. The molecule has 0 aromatic heterocycles. The Morgan fingerprint density at radius 1 is 0.788 bits per heavy atom. The van der Waals surface area contributed by atoms with Gasteiger partial charge in [0.05, 0.1) is 13.2 Å². The van der Waals surface area contributed by atoms with Gasteiger partial charge in [-0.2, -0.15) is 0 Å². The van der Waals surface area contributed by atoms with Crippen molar-refractivity contribution < 1.29 is 14.3 Å². The third kappa shape index (κ3) is 8.00. The Bertz CT molecular complexity index is 1060. The van der Waals surface area contributed by atoms with E-state index >= 15 is 0 Å². The van der Waals surface area contributed by atoms with Crippen molar-refractivity contribution in [3.05, 3.63) is 84.4 Å². The Balaban J connectivity index is 1.43. The molecule has 3 N–H and O–H groups in total. The second-order valence-corrected chi connectivity index (χ2v) is 8.80. The van der Waals surface area contributed by atoms with Crippen molar-refractivity contribution in [2.24, 2.45) is 5.41 Å². The van der Waals surface area contributed by atoms with E-state index in [9.17, 15) is 9.59 Å². The smallest absolute Gasteiger partial charge is 0.243 e. The zero-order chi connectivity index (χ0) is 23.7. The predicted molar refractivity (Wildman–Crippen MR) is 134 cm³/mol. The third-order valence-corrected chi connectivity index (χ3v) is 4.90. The van der Waals surface area contributed by atoms with E-state index in [-0.39, 0.29) is 18.4 Å². The highest BCUT2D eigenvalue weighted by Gasteiger charge is 2.21. The second kappa shape index (κ2) is 11.2. The molecule has 2 amide bonds. The number of hydrogen-bond acceptors (Lipinski definition) is 4. The van der Waals surface area contributed by atoms with Gasteiger partial charge in [0, 0.05) is 28.9 Å². The third-order valence-electron chi connectivity index (χ3n) is 4.90. The van der Waals surface area contributed by atoms with E-state index in [0.29, 0.717) is 18.0 Å². The first-order valence-corrected chi connectivity index (χ1v) is 11.0. The minimum absolute atomic E-state index is 0.0832. The van der Waals surface area contributed by atoms with E-state index in [1.807, 2.05) is 63.2 Å². The molecule has 0 aliphatic heterocycles. The Hall–Kier alpha value is -3.80. The molecule has 0 aliphatic rings. The largest absolute Gasteiger partial charge is 0.493 e. The van der Waals surface area contributed by atoms with Gasteiger partial charge in [-0.05, 0) is 48.0 Å². The summed E-state index contributed by atoms with van der Waals surface area (Å²) in [4.78, 5) is 24.5. The average Bonchev–Trinajstić information content (AvgIpc) is 2.79. The first kappa shape index (κ1) is 23.9. The van der Waals surface area contributed by atoms with Gasteiger partial charge in [0.15, 0.2) is 0 Å². The van der Waals surface area contributed by atoms with Gasteiger partial charge in [-0.15, -0.1) is 0 Å². The molecule has 33 heavy (non-hydrogen) atoms. The molecule has 3 aromatic carbocycles. The van der Waals surface area contributed by atoms with Crippen LogP contribution in [0.2, 0.25) is 0 Å². The Morgan fingerprint density at radius 2 is 1.45 bits per heavy atom. The van der Waals surface area contributed by atoms with Gasteiger partial charge < -0.3 is 20.7 Å². The number of ether oxygens (including phenoxy) is 1. The summed E-state index contributed by atoms with van der Waals surface area (Å²) in [7, 11) is 0. The Kier molecular flexibility index (Phi) is 8.08. The Morgan fingerprint density at radius 3 is 2.12 bits per heavy atom. The van der Waals surface area contributed by atoms with Crippen molar-refractivity contribution in [3.63, 3.8) is 0 Å². The number of anilines is 3. The summed E-state index contributed by atoms with van der Waals surface area (Å²) in [6.45, 7) is 6.27. The molecule has 0 bridgehead atoms. The van der Waals surface area contributed by atoms with Gasteiger partial charge in [0.1, 0.15) is 5.75 Å². The topological polar surface area (TPSA) is 79.5 Å². The highest BCUT2D eigenvalue weighted by Crippen LogP contribution is 2.20. The molecule has 0 unspecified atom stereocenters. The van der Waals surface area contributed by atoms with Crippen LogP contribution in [0.3, 0.4) is 0 Å². The monoisotopic (exact) mass is 445 g/mol. The molecule has 0 saturated carbocycles. The quantitative estimate of drug-likeness (QED) is 0.415. The summed E-state index contributed by atoms with van der Waals surface area (Å²) >= 11 is 0. The van der Waals surface area contributed by atoms with Crippen LogP contribution in [-0.4, -0.2) is 25.0 Å². The zero-order valence-electron chi connectivity index (χ0n) is 19.4. The van der Waals surface area contributed by atoms with E-state index in [0.717, 1.165) is 17.9 Å². The van der Waals surface area contributed by atoms with Crippen LogP contribution in [0.1, 0.15) is 26.3 Å². The van der Waals surface area contributed by atoms with Gasteiger partial charge in [0.25, 0.3) is 0 Å². The molecule has 0 radical (unpaired) electrons. The standard InChI is InChI=1S/C27H31N3O3/c1-27(2,3)26(32)30-23-11-7-10-22(18-23)29-25(31)19-28-21-12-14-24(15-13-21)33-17-16-20-8-5-4-6-9-20/h4-15,18,28H,16-17,19H2,1-3H3,(H,29,31)(H,30,32). The number of benzene rings is 3. The maximum absolute atomic E-state index is 12.3. The highest BCUT2D eigenvalue weighted by atomic mass is 16.5. The minimum atomic E-state index is -0.494. The molecule has 6 heteroatoms. The average molecular weight is 446 g/mol. The molecule has 0 spiro atoms. The van der Waals surface area contributed by atoms with Crippen LogP contribution in [0.5, 0.6) is 5.75 Å². The van der Waals surface area contributed by atoms with Crippen molar-refractivity contribution in [1.29, 1.82) is 0 Å². The highest BCUT2D eigenvalue weighted by molar-refractivity contribution is 5.97. The maximum atomic E-state index is 12.3. The van der Waals surface area contributed by atoms with Crippen LogP contribution < -0.4 is 20.7 Å². The van der Waals surface area contributed by atoms with Crippen molar-refractivity contribution >= 4 is 28.9 Å². The summed E-state index contributed by atoms with van der Waals surface area (Å²) in [5.41, 5.74) is 2.83. The van der Waals surface area contributed by atoms with Crippen molar-refractivity contribution in [1.82, 2.24) is 0 Å². The van der Waals surface area contributed by atoms with Crippen molar-refractivity contribution in [3.8, 4) is 5.75 Å². The molecule has 0 heterocycles. The van der Waals surface area contributed by atoms with Crippen LogP contribution >= 0.6 is 0 Å². The van der Waals surface area contributed by atoms with Gasteiger partial charge in [-0.1, -0.05) is 57.2 Å². The zero-order valence-corrected chi connectivity index (χ0v) is 19.4. The van der Waals surface area contributed by atoms with Crippen LogP contribution in [0.4, 0.5) is 17.1 Å². The molecular formula is C27H31N3O3. The van der Waals surface area contributed by atoms with E-state index < -0.39 is 5.41 Å². The SMILES string of the molecule is CC(C)(C)C(=O)Nc1cccc(NC(=O)CNc2ccc(OCCc3ccccc3)cc2)c1. The first-order chi connectivity index (χ1) is 15.8. The second-order valence-electron chi connectivity index (χ2n) is 8.80. The fourth-order valence-corrected chi connectivity index (χ4v) is 2.98. The lowest BCUT2D eigenvalue weighted by molar-refractivity contribution is -0.123. The lowest BCUT2D eigenvalue weighted by Gasteiger charge is -2.18. The number of carbonyl (C=O) groups excluding carboxylic acids is 2. The fourth-order valence-electron chi connectivity index (χ4n) is 2.98. The lowest BCUT2D eigenvalue weighted by Crippen LogP contribution is -2.27. The number of hydrogen-bond donors (Lipinski definition) is 3. The van der Waals surface area contributed by atoms with Crippen LogP contribution in [-0.2, 0) is 16.0 Å². The summed E-state index contributed by atoms with van der Waals surface area (Å²) in [5.74, 6) is 0.521. The van der Waals surface area contributed by atoms with Gasteiger partial charge >= 0.3 is 0 Å². The molecule has 0 aliphatic carbocycles. The summed E-state index contributed by atoms with van der Waals surface area (Å²) in [6, 6.07) is 24.8. The number of amides is 2. The molecule has 0 saturated heterocycles. The van der Waals surface area contributed by atoms with Crippen LogP contribution in [0.25, 0.3) is 0 Å². The predicted octanol–water partition coefficient (Wildman–Crippen LogP) is 5.34. The normalized spacial score (nSPS) is 10.9. The maximum Gasteiger partial charge on any atom is 0.243 e. The van der Waals surface area contributed by atoms with E-state index in [2.05, 4.69) is 28.1 Å². The van der Waals surface area contributed by atoms with Gasteiger partial charge in [-0.25, -0.2) is 0 Å². The van der Waals surface area contributed by atoms with E-state index in [1.165, 1.54) is 5.56 Å². The van der Waals surface area contributed by atoms with E-state index in [1.54, 1.807) is 24.3 Å². The number of rotatable bonds is 9. The molecule has 172 valence electrons. The van der Waals surface area contributed by atoms with Crippen LogP contribution in [0, 0.1) is 5.41 Å². The molecule has 3 aromatic rings.